The van der Waals surface area contributed by atoms with Crippen molar-refractivity contribution in [3.63, 3.8) is 0 Å². The molecule has 0 spiro atoms. The molecule has 0 aromatic rings. The molecule has 0 aromatic carbocycles. The van der Waals surface area contributed by atoms with Crippen molar-refractivity contribution in [2.75, 3.05) is 24.6 Å². The van der Waals surface area contributed by atoms with Crippen LogP contribution in [-0.2, 0) is 9.59 Å². The van der Waals surface area contributed by atoms with Crippen LogP contribution in [0.5, 0.6) is 0 Å². The number of nitrogens with zero attached hydrogens (tertiary/aromatic N) is 1. The Morgan fingerprint density at radius 3 is 2.14 bits per heavy atom. The molecule has 7 heteroatoms. The number of unbranched alkanes of at least 4 members (excludes halogenated alkanes) is 3. The third-order valence-electron chi connectivity index (χ3n) is 3.47. The maximum atomic E-state index is 12.6. The van der Waals surface area contributed by atoms with Crippen molar-refractivity contribution in [3.8, 4) is 0 Å². The van der Waals surface area contributed by atoms with Crippen LogP contribution in [0.25, 0.3) is 0 Å². The summed E-state index contributed by atoms with van der Waals surface area (Å²) in [6, 6.07) is -0.672. The Kier molecular flexibility index (Phi) is 10.1. The van der Waals surface area contributed by atoms with Crippen LogP contribution in [0.1, 0.15) is 39.5 Å². The lowest BCUT2D eigenvalue weighted by molar-refractivity contribution is -0.145. The summed E-state index contributed by atoms with van der Waals surface area (Å²) in [6.07, 6.45) is 3.80. The van der Waals surface area contributed by atoms with E-state index in [0.717, 1.165) is 25.7 Å². The molecule has 0 saturated heterocycles. The summed E-state index contributed by atoms with van der Waals surface area (Å²) in [5, 5.41) is 0. The molecule has 124 valence electrons. The molecule has 21 heavy (non-hydrogen) atoms. The van der Waals surface area contributed by atoms with Crippen molar-refractivity contribution in [1.82, 2.24) is 4.90 Å². The maximum absolute atomic E-state index is 12.6. The molecule has 0 saturated carbocycles. The molecule has 0 radical (unpaired) electrons. The van der Waals surface area contributed by atoms with E-state index in [2.05, 4.69) is 25.3 Å². The molecule has 0 fully saturated rings. The van der Waals surface area contributed by atoms with Crippen molar-refractivity contribution in [1.29, 1.82) is 0 Å². The van der Waals surface area contributed by atoms with Crippen LogP contribution in [0.3, 0.4) is 0 Å². The summed E-state index contributed by atoms with van der Waals surface area (Å²) in [5.74, 6) is 0.0181. The third-order valence-corrected chi connectivity index (χ3v) is 4.60. The molecule has 0 rings (SSSR count). The molecule has 0 bridgehead atoms. The zero-order valence-corrected chi connectivity index (χ0v) is 14.8. The van der Waals surface area contributed by atoms with Crippen LogP contribution < -0.4 is 11.5 Å². The predicted octanol–water partition coefficient (Wildman–Crippen LogP) is 1.07. The molecular formula is C14H29N3O2S2. The molecule has 5 nitrogen and oxygen atoms in total. The third kappa shape index (κ3) is 6.93. The second-order valence-corrected chi connectivity index (χ2v) is 6.53. The van der Waals surface area contributed by atoms with Gasteiger partial charge < -0.3 is 16.4 Å². The van der Waals surface area contributed by atoms with Gasteiger partial charge >= 0.3 is 0 Å². The highest BCUT2D eigenvalue weighted by Crippen LogP contribution is 2.23. The minimum absolute atomic E-state index is 0.103. The first-order valence-electron chi connectivity index (χ1n) is 7.34. The van der Waals surface area contributed by atoms with Crippen LogP contribution in [0.15, 0.2) is 0 Å². The van der Waals surface area contributed by atoms with Crippen molar-refractivity contribution in [3.05, 3.63) is 0 Å². The van der Waals surface area contributed by atoms with Gasteiger partial charge in [-0.1, -0.05) is 26.7 Å². The summed E-state index contributed by atoms with van der Waals surface area (Å²) in [6.45, 7) is 4.82. The molecular weight excluding hydrogens is 306 g/mol. The van der Waals surface area contributed by atoms with Gasteiger partial charge in [0.25, 0.3) is 0 Å². The highest BCUT2D eigenvalue weighted by Gasteiger charge is 2.35. The molecule has 0 aliphatic carbocycles. The van der Waals surface area contributed by atoms with E-state index in [4.69, 9.17) is 11.5 Å². The van der Waals surface area contributed by atoms with Gasteiger partial charge in [0.2, 0.25) is 11.8 Å². The standard InChI is InChI=1S/C14H29N3O2S2/c1-14(2,10-21)13(19)17(11(9-20)12(16)18)8-6-4-3-5-7-15/h11,20-21H,3-10,15H2,1-2H3,(H2,16,18)/t11-/m0/s1. The average molecular weight is 336 g/mol. The second-order valence-electron chi connectivity index (χ2n) is 5.84. The fourth-order valence-electron chi connectivity index (χ4n) is 1.98. The van der Waals surface area contributed by atoms with Crippen molar-refractivity contribution < 1.29 is 9.59 Å². The molecule has 2 amide bonds. The first-order valence-corrected chi connectivity index (χ1v) is 8.60. The van der Waals surface area contributed by atoms with Gasteiger partial charge in [0.1, 0.15) is 6.04 Å². The van der Waals surface area contributed by atoms with E-state index in [1.54, 1.807) is 4.90 Å². The number of hydrogen-bond acceptors (Lipinski definition) is 5. The molecule has 4 N–H and O–H groups in total. The topological polar surface area (TPSA) is 89.4 Å². The minimum Gasteiger partial charge on any atom is -0.368 e. The van der Waals surface area contributed by atoms with E-state index in [9.17, 15) is 9.59 Å². The van der Waals surface area contributed by atoms with E-state index in [-0.39, 0.29) is 11.7 Å². The van der Waals surface area contributed by atoms with Gasteiger partial charge in [0.15, 0.2) is 0 Å². The number of primary amides is 1. The Labute approximate surface area is 139 Å². The van der Waals surface area contributed by atoms with E-state index in [1.165, 1.54) is 0 Å². The molecule has 0 aliphatic rings. The molecule has 0 aromatic heterocycles. The molecule has 0 heterocycles. The fourth-order valence-corrected chi connectivity index (χ4v) is 2.49. The number of amides is 2. The van der Waals surface area contributed by atoms with Crippen LogP contribution in [0, 0.1) is 5.41 Å². The summed E-state index contributed by atoms with van der Waals surface area (Å²) >= 11 is 8.39. The highest BCUT2D eigenvalue weighted by atomic mass is 32.1. The summed E-state index contributed by atoms with van der Waals surface area (Å²) in [4.78, 5) is 25.8. The van der Waals surface area contributed by atoms with Gasteiger partial charge in [0, 0.05) is 18.1 Å². The maximum Gasteiger partial charge on any atom is 0.241 e. The Morgan fingerprint density at radius 1 is 1.14 bits per heavy atom. The molecule has 1 atom stereocenters. The largest absolute Gasteiger partial charge is 0.368 e. The van der Waals surface area contributed by atoms with Crippen molar-refractivity contribution in [2.45, 2.75) is 45.6 Å². The first-order chi connectivity index (χ1) is 9.81. The van der Waals surface area contributed by atoms with Gasteiger partial charge in [-0.2, -0.15) is 25.3 Å². The van der Waals surface area contributed by atoms with Gasteiger partial charge in [-0.3, -0.25) is 9.59 Å². The number of carbonyl (C=O) groups is 2. The van der Waals surface area contributed by atoms with E-state index < -0.39 is 17.4 Å². The number of rotatable bonds is 11. The fraction of sp³-hybridized carbons (Fsp3) is 0.857. The van der Waals surface area contributed by atoms with Crippen LogP contribution in [-0.4, -0.2) is 47.4 Å². The smallest absolute Gasteiger partial charge is 0.241 e. The number of hydrogen-bond donors (Lipinski definition) is 4. The Bertz CT molecular complexity index is 338. The predicted molar refractivity (Wildman–Crippen MR) is 93.7 cm³/mol. The van der Waals surface area contributed by atoms with Gasteiger partial charge in [-0.15, -0.1) is 0 Å². The highest BCUT2D eigenvalue weighted by molar-refractivity contribution is 7.80. The minimum atomic E-state index is -0.672. The lowest BCUT2D eigenvalue weighted by Gasteiger charge is -2.35. The normalized spacial score (nSPS) is 13.0. The molecule has 0 aliphatic heterocycles. The van der Waals surface area contributed by atoms with Gasteiger partial charge in [-0.25, -0.2) is 0 Å². The first kappa shape index (κ1) is 20.6. The van der Waals surface area contributed by atoms with Crippen LogP contribution >= 0.6 is 25.3 Å². The molecule has 0 unspecified atom stereocenters. The second kappa shape index (κ2) is 10.3. The van der Waals surface area contributed by atoms with E-state index >= 15 is 0 Å². The van der Waals surface area contributed by atoms with E-state index in [1.807, 2.05) is 13.8 Å². The average Bonchev–Trinajstić information content (AvgIpc) is 2.44. The van der Waals surface area contributed by atoms with Crippen molar-refractivity contribution in [2.24, 2.45) is 16.9 Å². The Morgan fingerprint density at radius 2 is 1.71 bits per heavy atom. The number of carbonyl (C=O) groups excluding carboxylic acids is 2. The zero-order valence-electron chi connectivity index (χ0n) is 13.0. The van der Waals surface area contributed by atoms with Crippen LogP contribution in [0.2, 0.25) is 0 Å². The monoisotopic (exact) mass is 335 g/mol. The number of thiol groups is 2. The summed E-state index contributed by atoms with van der Waals surface area (Å²) < 4.78 is 0. The quantitative estimate of drug-likeness (QED) is 0.336. The number of nitrogens with two attached hydrogens (primary N) is 2. The lowest BCUT2D eigenvalue weighted by Crippen LogP contribution is -2.53. The van der Waals surface area contributed by atoms with Gasteiger partial charge in [0.05, 0.1) is 5.41 Å². The van der Waals surface area contributed by atoms with E-state index in [0.29, 0.717) is 18.8 Å². The van der Waals surface area contributed by atoms with Crippen LogP contribution in [0.4, 0.5) is 0 Å². The lowest BCUT2D eigenvalue weighted by atomic mass is 9.93. The Hall–Kier alpha value is -0.400. The van der Waals surface area contributed by atoms with Crippen molar-refractivity contribution >= 4 is 37.1 Å². The zero-order chi connectivity index (χ0) is 16.5. The Balaban J connectivity index is 4.85. The summed E-state index contributed by atoms with van der Waals surface area (Å²) in [5.41, 5.74) is 10.2. The SMILES string of the molecule is CC(C)(CS)C(=O)N(CCCCCCN)[C@@H](CS)C(N)=O. The van der Waals surface area contributed by atoms with Gasteiger partial charge in [-0.05, 0) is 19.4 Å². The summed E-state index contributed by atoms with van der Waals surface area (Å²) in [7, 11) is 0.